The van der Waals surface area contributed by atoms with E-state index in [1.807, 2.05) is 6.07 Å². The molecule has 0 N–H and O–H groups in total. The number of nitriles is 1. The van der Waals surface area contributed by atoms with Crippen LogP contribution in [0.5, 0.6) is 5.75 Å². The molecule has 1 atom stereocenters. The zero-order chi connectivity index (χ0) is 19.0. The van der Waals surface area contributed by atoms with Gasteiger partial charge in [-0.05, 0) is 23.8 Å². The van der Waals surface area contributed by atoms with E-state index in [-0.39, 0.29) is 17.1 Å². The average Bonchev–Trinajstić information content (AvgIpc) is 3.25. The van der Waals surface area contributed by atoms with Gasteiger partial charge in [0.25, 0.3) is 5.71 Å². The van der Waals surface area contributed by atoms with Gasteiger partial charge in [0.2, 0.25) is 5.69 Å². The number of benzene rings is 2. The maximum Gasteiger partial charge on any atom is 0.297 e. The number of hydroxylamine groups is 1. The summed E-state index contributed by atoms with van der Waals surface area (Å²) in [5.74, 6) is 0.617. The molecule has 138 valence electrons. The third-order valence-electron chi connectivity index (χ3n) is 4.61. The Morgan fingerprint density at radius 2 is 1.81 bits per heavy atom. The van der Waals surface area contributed by atoms with Crippen molar-refractivity contribution in [2.75, 3.05) is 25.4 Å². The molecule has 2 heterocycles. The summed E-state index contributed by atoms with van der Waals surface area (Å²) in [6.45, 7) is 0.928. The Kier molecular flexibility index (Phi) is 4.41. The molecule has 0 aromatic heterocycles. The zero-order valence-electron chi connectivity index (χ0n) is 14.5. The minimum Gasteiger partial charge on any atom is -0.757 e. The van der Waals surface area contributed by atoms with Crippen molar-refractivity contribution < 1.29 is 18.9 Å². The first kappa shape index (κ1) is 17.3. The molecule has 2 aliphatic heterocycles. The van der Waals surface area contributed by atoms with Crippen molar-refractivity contribution in [1.29, 1.82) is 5.26 Å². The van der Waals surface area contributed by atoms with Crippen LogP contribution < -0.4 is 9.80 Å². The summed E-state index contributed by atoms with van der Waals surface area (Å²) in [7, 11) is 1.54. The first-order valence-electron chi connectivity index (χ1n) is 8.35. The predicted octanol–water partition coefficient (Wildman–Crippen LogP) is 2.91. The summed E-state index contributed by atoms with van der Waals surface area (Å²) in [6.07, 6.45) is -0.575. The number of hydrogen-bond donors (Lipinski definition) is 0. The van der Waals surface area contributed by atoms with Gasteiger partial charge in [0.1, 0.15) is 17.5 Å². The van der Waals surface area contributed by atoms with Crippen LogP contribution in [0.25, 0.3) is 0 Å². The van der Waals surface area contributed by atoms with Crippen LogP contribution in [0.1, 0.15) is 23.5 Å². The molecule has 2 aromatic rings. The monoisotopic (exact) mass is 366 g/mol. The summed E-state index contributed by atoms with van der Waals surface area (Å²) < 4.78 is 16.5. The Bertz CT molecular complexity index is 929. The van der Waals surface area contributed by atoms with E-state index in [1.165, 1.54) is 13.2 Å². The largest absolute Gasteiger partial charge is 0.757 e. The van der Waals surface area contributed by atoms with E-state index in [9.17, 15) is 15.7 Å². The second-order valence-electron chi connectivity index (χ2n) is 6.11. The highest BCUT2D eigenvalue weighted by Gasteiger charge is 2.36. The van der Waals surface area contributed by atoms with E-state index < -0.39 is 12.3 Å². The van der Waals surface area contributed by atoms with Crippen molar-refractivity contribution in [1.82, 2.24) is 0 Å². The molecule has 1 unspecified atom stereocenters. The lowest BCUT2D eigenvalue weighted by Gasteiger charge is -2.40. The number of anilines is 1. The Morgan fingerprint density at radius 3 is 2.44 bits per heavy atom. The predicted molar refractivity (Wildman–Crippen MR) is 96.6 cm³/mol. The molecule has 8 nitrogen and oxygen atoms in total. The third kappa shape index (κ3) is 2.88. The number of ether oxygens (including phenoxy) is 3. The van der Waals surface area contributed by atoms with E-state index in [4.69, 9.17) is 14.2 Å². The van der Waals surface area contributed by atoms with Gasteiger partial charge in [-0.25, -0.2) is 0 Å². The molecule has 27 heavy (non-hydrogen) atoms. The highest BCUT2D eigenvalue weighted by atomic mass is 16.7. The fourth-order valence-electron chi connectivity index (χ4n) is 3.26. The van der Waals surface area contributed by atoms with Crippen molar-refractivity contribution in [3.05, 3.63) is 64.0 Å². The average molecular weight is 366 g/mol. The van der Waals surface area contributed by atoms with Crippen LogP contribution in [0.2, 0.25) is 0 Å². The Morgan fingerprint density at radius 1 is 1.15 bits per heavy atom. The number of nitrogens with zero attached hydrogens (tertiary/aromatic N) is 3. The second-order valence-corrected chi connectivity index (χ2v) is 6.11. The van der Waals surface area contributed by atoms with Crippen LogP contribution in [0, 0.1) is 21.7 Å². The molecular weight excluding hydrogens is 350 g/mol. The molecule has 2 aromatic carbocycles. The fourth-order valence-corrected chi connectivity index (χ4v) is 3.26. The molecule has 0 radical (unpaired) electrons. The summed E-state index contributed by atoms with van der Waals surface area (Å²) in [6, 6.07) is 12.3. The van der Waals surface area contributed by atoms with Gasteiger partial charge in [0, 0.05) is 11.6 Å². The minimum absolute atomic E-state index is 0.0999. The van der Waals surface area contributed by atoms with Crippen molar-refractivity contribution in [3.8, 4) is 11.8 Å². The smallest absolute Gasteiger partial charge is 0.297 e. The van der Waals surface area contributed by atoms with Crippen LogP contribution in [0.4, 0.5) is 11.4 Å². The first-order valence-corrected chi connectivity index (χ1v) is 8.35. The Hall–Kier alpha value is -3.12. The summed E-state index contributed by atoms with van der Waals surface area (Å²) in [5, 5.41) is 36.1. The summed E-state index contributed by atoms with van der Waals surface area (Å²) in [4.78, 5) is 0. The molecule has 0 saturated carbocycles. The molecule has 0 aliphatic carbocycles. The van der Waals surface area contributed by atoms with Crippen molar-refractivity contribution in [2.45, 2.75) is 12.3 Å². The van der Waals surface area contributed by atoms with Gasteiger partial charge in [-0.15, -0.1) is 0 Å². The maximum absolute atomic E-state index is 13.0. The van der Waals surface area contributed by atoms with Crippen molar-refractivity contribution in [2.24, 2.45) is 0 Å². The Labute approximate surface area is 155 Å². The topological polar surface area (TPSA) is 104 Å². The van der Waals surface area contributed by atoms with E-state index in [0.717, 1.165) is 0 Å². The van der Waals surface area contributed by atoms with Crippen molar-refractivity contribution in [3.63, 3.8) is 0 Å². The number of hydrogen-bond acceptors (Lipinski definition) is 7. The number of methoxy groups -OCH3 is 1. The summed E-state index contributed by atoms with van der Waals surface area (Å²) in [5.41, 5.74) is 1.24. The van der Waals surface area contributed by atoms with Crippen LogP contribution >= 0.6 is 0 Å². The lowest BCUT2D eigenvalue weighted by molar-refractivity contribution is -0.362. The quantitative estimate of drug-likeness (QED) is 0.607. The molecule has 4 rings (SSSR count). The lowest BCUT2D eigenvalue weighted by Crippen LogP contribution is -2.36. The van der Waals surface area contributed by atoms with Crippen LogP contribution in [-0.2, 0) is 9.47 Å². The Balaban J connectivity index is 1.79. The summed E-state index contributed by atoms with van der Waals surface area (Å²) >= 11 is 0. The number of rotatable bonds is 3. The molecule has 8 heteroatoms. The second kappa shape index (κ2) is 6.89. The zero-order valence-corrected chi connectivity index (χ0v) is 14.5. The first-order chi connectivity index (χ1) is 13.1. The van der Waals surface area contributed by atoms with Crippen LogP contribution in [0.15, 0.2) is 42.5 Å². The maximum atomic E-state index is 13.0. The SMILES string of the molecule is COc1ccc(C2C(C#N)=[N+]([O-])c3cc(C4OCCO4)ccc3N2[O-])cc1. The highest BCUT2D eigenvalue weighted by Crippen LogP contribution is 2.41. The van der Waals surface area contributed by atoms with Crippen LogP contribution in [-0.4, -0.2) is 30.8 Å². The van der Waals surface area contributed by atoms with Gasteiger partial charge in [-0.1, -0.05) is 18.2 Å². The van der Waals surface area contributed by atoms with Crippen molar-refractivity contribution >= 4 is 17.1 Å². The van der Waals surface area contributed by atoms with Gasteiger partial charge >= 0.3 is 0 Å². The molecule has 1 fully saturated rings. The number of fused-ring (bicyclic) bond motifs is 1. The molecule has 0 amide bonds. The molecule has 0 spiro atoms. The van der Waals surface area contributed by atoms with Gasteiger partial charge in [0.15, 0.2) is 12.4 Å². The van der Waals surface area contributed by atoms with Gasteiger partial charge in [-0.2, -0.15) is 10.0 Å². The minimum atomic E-state index is -1.03. The normalized spacial score (nSPS) is 19.7. The molecule has 2 aliphatic rings. The van der Waals surface area contributed by atoms with Crippen LogP contribution in [0.3, 0.4) is 0 Å². The van der Waals surface area contributed by atoms with Gasteiger partial charge in [-0.3, -0.25) is 0 Å². The third-order valence-corrected chi connectivity index (χ3v) is 4.61. The van der Waals surface area contributed by atoms with E-state index in [0.29, 0.717) is 39.9 Å². The van der Waals surface area contributed by atoms with E-state index >= 15 is 0 Å². The van der Waals surface area contributed by atoms with E-state index in [2.05, 4.69) is 0 Å². The van der Waals surface area contributed by atoms with E-state index in [1.54, 1.807) is 36.4 Å². The molecular formula is C19H16N3O5-. The van der Waals surface area contributed by atoms with Gasteiger partial charge in [0.05, 0.1) is 20.3 Å². The molecule has 1 saturated heterocycles. The lowest BCUT2D eigenvalue weighted by atomic mass is 9.98. The molecule has 0 bridgehead atoms. The fraction of sp³-hybridized carbons (Fsp3) is 0.263. The standard InChI is InChI=1S/C19H16N3O5/c1-25-14-5-2-12(3-6-14)18-17(11-20)21(23)16-10-13(19-26-8-9-27-19)4-7-15(16)22(18)24/h2-7,10,18-19H,8-9H2,1H3/q-1. The highest BCUT2D eigenvalue weighted by molar-refractivity contribution is 6.04. The van der Waals surface area contributed by atoms with Gasteiger partial charge < -0.3 is 29.7 Å².